The van der Waals surface area contributed by atoms with Crippen molar-refractivity contribution in [1.29, 1.82) is 5.26 Å². The molecule has 1 atom stereocenters. The van der Waals surface area contributed by atoms with Gasteiger partial charge in [-0.05, 0) is 19.1 Å². The Morgan fingerprint density at radius 3 is 2.79 bits per heavy atom. The Bertz CT molecular complexity index is 380. The first kappa shape index (κ1) is 10.2. The molecule has 0 radical (unpaired) electrons. The number of rotatable bonds is 2. The largest absolute Gasteiger partial charge is 0.384 e. The lowest BCUT2D eigenvalue weighted by atomic mass is 10.2. The van der Waals surface area contributed by atoms with Crippen molar-refractivity contribution in [2.45, 2.75) is 13.0 Å². The van der Waals surface area contributed by atoms with Crippen molar-refractivity contribution in [2.75, 3.05) is 5.32 Å². The fraction of sp³-hybridized carbons (Fsp3) is 0.200. The zero-order chi connectivity index (χ0) is 10.6. The van der Waals surface area contributed by atoms with E-state index in [2.05, 4.69) is 5.32 Å². The van der Waals surface area contributed by atoms with E-state index in [0.29, 0.717) is 11.3 Å². The Labute approximate surface area is 81.8 Å². The molecule has 1 unspecified atom stereocenters. The van der Waals surface area contributed by atoms with E-state index in [1.54, 1.807) is 24.3 Å². The third-order valence-electron chi connectivity index (χ3n) is 1.68. The summed E-state index contributed by atoms with van der Waals surface area (Å²) < 4.78 is 0. The molecule has 2 N–H and O–H groups in total. The molecule has 1 rings (SSSR count). The number of benzene rings is 1. The molecule has 0 bridgehead atoms. The summed E-state index contributed by atoms with van der Waals surface area (Å²) in [5.74, 6) is -0.521. The molecule has 4 heteroatoms. The van der Waals surface area contributed by atoms with Gasteiger partial charge in [-0.15, -0.1) is 0 Å². The number of hydrogen-bond acceptors (Lipinski definition) is 3. The van der Waals surface area contributed by atoms with E-state index < -0.39 is 12.0 Å². The van der Waals surface area contributed by atoms with E-state index in [1.807, 2.05) is 6.07 Å². The first-order valence-electron chi connectivity index (χ1n) is 4.13. The van der Waals surface area contributed by atoms with Crippen molar-refractivity contribution >= 4 is 11.6 Å². The molecule has 0 saturated carbocycles. The average Bonchev–Trinajstić information content (AvgIpc) is 2.18. The third-order valence-corrected chi connectivity index (χ3v) is 1.68. The standard InChI is InChI=1S/C10H10N2O2/c1-7(13)10(14)12-9-5-3-2-4-8(9)6-11/h2-5,7,13H,1H3,(H,12,14). The topological polar surface area (TPSA) is 73.1 Å². The van der Waals surface area contributed by atoms with Crippen molar-refractivity contribution < 1.29 is 9.90 Å². The summed E-state index contributed by atoms with van der Waals surface area (Å²) >= 11 is 0. The minimum Gasteiger partial charge on any atom is -0.384 e. The molecule has 1 amide bonds. The number of anilines is 1. The number of nitrogens with one attached hydrogen (secondary N) is 1. The Morgan fingerprint density at radius 2 is 2.21 bits per heavy atom. The zero-order valence-corrected chi connectivity index (χ0v) is 7.69. The summed E-state index contributed by atoms with van der Waals surface area (Å²) in [6, 6.07) is 8.56. The van der Waals surface area contributed by atoms with Gasteiger partial charge in [0.05, 0.1) is 11.3 Å². The molecule has 0 saturated heterocycles. The first-order chi connectivity index (χ1) is 6.65. The molecule has 0 heterocycles. The second-order valence-corrected chi connectivity index (χ2v) is 2.82. The van der Waals surface area contributed by atoms with E-state index in [-0.39, 0.29) is 0 Å². The van der Waals surface area contributed by atoms with Crippen molar-refractivity contribution in [1.82, 2.24) is 0 Å². The van der Waals surface area contributed by atoms with Crippen LogP contribution < -0.4 is 5.32 Å². The highest BCUT2D eigenvalue weighted by Crippen LogP contribution is 2.13. The molecule has 14 heavy (non-hydrogen) atoms. The van der Waals surface area contributed by atoms with Crippen molar-refractivity contribution in [3.63, 3.8) is 0 Å². The van der Waals surface area contributed by atoms with E-state index in [0.717, 1.165) is 0 Å². The van der Waals surface area contributed by atoms with E-state index in [9.17, 15) is 4.79 Å². The van der Waals surface area contributed by atoms with Crippen LogP contribution in [0, 0.1) is 11.3 Å². The monoisotopic (exact) mass is 190 g/mol. The lowest BCUT2D eigenvalue weighted by Crippen LogP contribution is -2.24. The van der Waals surface area contributed by atoms with Crippen LogP contribution in [0.15, 0.2) is 24.3 Å². The van der Waals surface area contributed by atoms with Crippen molar-refractivity contribution in [2.24, 2.45) is 0 Å². The lowest BCUT2D eigenvalue weighted by molar-refractivity contribution is -0.123. The van der Waals surface area contributed by atoms with Gasteiger partial charge in [-0.2, -0.15) is 5.26 Å². The molecule has 72 valence electrons. The van der Waals surface area contributed by atoms with Crippen LogP contribution in [-0.2, 0) is 4.79 Å². The summed E-state index contributed by atoms with van der Waals surface area (Å²) in [7, 11) is 0. The van der Waals surface area contributed by atoms with Gasteiger partial charge in [0.2, 0.25) is 0 Å². The number of nitriles is 1. The Kier molecular flexibility index (Phi) is 3.21. The van der Waals surface area contributed by atoms with Gasteiger partial charge < -0.3 is 10.4 Å². The Morgan fingerprint density at radius 1 is 1.57 bits per heavy atom. The highest BCUT2D eigenvalue weighted by molar-refractivity contribution is 5.94. The molecule has 4 nitrogen and oxygen atoms in total. The number of carbonyl (C=O) groups excluding carboxylic acids is 1. The molecule has 0 fully saturated rings. The molecule has 1 aromatic rings. The molecule has 1 aromatic carbocycles. The SMILES string of the molecule is CC(O)C(=O)Nc1ccccc1C#N. The highest BCUT2D eigenvalue weighted by Gasteiger charge is 2.10. The quantitative estimate of drug-likeness (QED) is 0.727. The van der Waals surface area contributed by atoms with Gasteiger partial charge in [0.25, 0.3) is 5.91 Å². The molecule has 0 aromatic heterocycles. The molecule has 0 aliphatic carbocycles. The summed E-state index contributed by atoms with van der Waals surface area (Å²) in [6.45, 7) is 1.37. The number of aliphatic hydroxyl groups is 1. The number of hydrogen-bond donors (Lipinski definition) is 2. The zero-order valence-electron chi connectivity index (χ0n) is 7.69. The molecule has 0 aliphatic rings. The molecular weight excluding hydrogens is 180 g/mol. The van der Waals surface area contributed by atoms with Crippen LogP contribution in [-0.4, -0.2) is 17.1 Å². The van der Waals surface area contributed by atoms with Crippen LogP contribution in [0.5, 0.6) is 0 Å². The second kappa shape index (κ2) is 4.40. The fourth-order valence-electron chi connectivity index (χ4n) is 0.927. The van der Waals surface area contributed by atoms with Crippen LogP contribution in [0.4, 0.5) is 5.69 Å². The van der Waals surface area contributed by atoms with Gasteiger partial charge in [-0.1, -0.05) is 12.1 Å². The van der Waals surface area contributed by atoms with E-state index >= 15 is 0 Å². The number of amides is 1. The third kappa shape index (κ3) is 2.31. The summed E-state index contributed by atoms with van der Waals surface area (Å²) in [6.07, 6.45) is -1.08. The van der Waals surface area contributed by atoms with Crippen LogP contribution in [0.1, 0.15) is 12.5 Å². The smallest absolute Gasteiger partial charge is 0.252 e. The average molecular weight is 190 g/mol. The summed E-state index contributed by atoms with van der Waals surface area (Å²) in [5, 5.41) is 20.1. The Hall–Kier alpha value is -1.86. The van der Waals surface area contributed by atoms with Crippen LogP contribution in [0.3, 0.4) is 0 Å². The van der Waals surface area contributed by atoms with Gasteiger partial charge in [0.1, 0.15) is 12.2 Å². The number of aliphatic hydroxyl groups excluding tert-OH is 1. The lowest BCUT2D eigenvalue weighted by Gasteiger charge is -2.07. The van der Waals surface area contributed by atoms with Crippen LogP contribution in [0.2, 0.25) is 0 Å². The van der Waals surface area contributed by atoms with Crippen molar-refractivity contribution in [3.8, 4) is 6.07 Å². The minimum atomic E-state index is -1.08. The fourth-order valence-corrected chi connectivity index (χ4v) is 0.927. The number of para-hydroxylation sites is 1. The number of nitrogens with zero attached hydrogens (tertiary/aromatic N) is 1. The van der Waals surface area contributed by atoms with Gasteiger partial charge in [-0.25, -0.2) is 0 Å². The molecular formula is C10H10N2O2. The van der Waals surface area contributed by atoms with Crippen LogP contribution >= 0.6 is 0 Å². The highest BCUT2D eigenvalue weighted by atomic mass is 16.3. The van der Waals surface area contributed by atoms with Gasteiger partial charge in [-0.3, -0.25) is 4.79 Å². The van der Waals surface area contributed by atoms with Crippen molar-refractivity contribution in [3.05, 3.63) is 29.8 Å². The number of carbonyl (C=O) groups is 1. The maximum Gasteiger partial charge on any atom is 0.252 e. The molecule has 0 aliphatic heterocycles. The van der Waals surface area contributed by atoms with Gasteiger partial charge >= 0.3 is 0 Å². The van der Waals surface area contributed by atoms with Gasteiger partial charge in [0.15, 0.2) is 0 Å². The normalized spacial score (nSPS) is 11.5. The van der Waals surface area contributed by atoms with E-state index in [4.69, 9.17) is 10.4 Å². The first-order valence-corrected chi connectivity index (χ1v) is 4.13. The minimum absolute atomic E-state index is 0.376. The predicted octanol–water partition coefficient (Wildman–Crippen LogP) is 0.878. The predicted molar refractivity (Wildman–Crippen MR) is 51.5 cm³/mol. The van der Waals surface area contributed by atoms with E-state index in [1.165, 1.54) is 6.92 Å². The summed E-state index contributed by atoms with van der Waals surface area (Å²) in [5.41, 5.74) is 0.794. The summed E-state index contributed by atoms with van der Waals surface area (Å²) in [4.78, 5) is 11.1. The Balaban J connectivity index is 2.87. The van der Waals surface area contributed by atoms with Gasteiger partial charge in [0, 0.05) is 0 Å². The molecule has 0 spiro atoms. The second-order valence-electron chi connectivity index (χ2n) is 2.82. The maximum absolute atomic E-state index is 11.1. The maximum atomic E-state index is 11.1. The van der Waals surface area contributed by atoms with Crippen LogP contribution in [0.25, 0.3) is 0 Å².